The standard InChI is InChI=1S/C22H25N3O2/c1-15-18(9-6-10-19(15)16(2)21-12-24-14-25-21)13-27-22(26)20(23)11-17-7-4-3-5-8-17/h3-10,12,14,16,20H,11,13,23H2,1-2H3,(H,24,25). The first kappa shape index (κ1) is 18.9. The molecule has 3 N–H and O–H groups in total. The molecule has 27 heavy (non-hydrogen) atoms. The predicted octanol–water partition coefficient (Wildman–Crippen LogP) is 3.48. The first-order chi connectivity index (χ1) is 13.1. The van der Waals surface area contributed by atoms with Crippen LogP contribution >= 0.6 is 0 Å². The van der Waals surface area contributed by atoms with E-state index in [0.717, 1.165) is 22.4 Å². The molecule has 0 spiro atoms. The number of rotatable bonds is 7. The summed E-state index contributed by atoms with van der Waals surface area (Å²) in [7, 11) is 0. The third-order valence-electron chi connectivity index (χ3n) is 4.91. The minimum absolute atomic E-state index is 0.184. The number of hydrogen-bond donors (Lipinski definition) is 2. The molecular formula is C22H25N3O2. The number of esters is 1. The Balaban J connectivity index is 1.64. The molecule has 140 valence electrons. The average molecular weight is 363 g/mol. The third-order valence-corrected chi connectivity index (χ3v) is 4.91. The smallest absolute Gasteiger partial charge is 0.323 e. The molecule has 3 aromatic rings. The fourth-order valence-corrected chi connectivity index (χ4v) is 3.21. The summed E-state index contributed by atoms with van der Waals surface area (Å²) in [4.78, 5) is 19.5. The largest absolute Gasteiger partial charge is 0.460 e. The lowest BCUT2D eigenvalue weighted by Crippen LogP contribution is -2.34. The molecular weight excluding hydrogens is 338 g/mol. The van der Waals surface area contributed by atoms with Crippen molar-refractivity contribution in [2.24, 2.45) is 5.73 Å². The minimum Gasteiger partial charge on any atom is -0.460 e. The van der Waals surface area contributed by atoms with Crippen LogP contribution in [0.25, 0.3) is 0 Å². The lowest BCUT2D eigenvalue weighted by molar-refractivity contribution is -0.146. The van der Waals surface area contributed by atoms with Crippen LogP contribution in [0, 0.1) is 6.92 Å². The number of hydrogen-bond acceptors (Lipinski definition) is 4. The molecule has 5 nitrogen and oxygen atoms in total. The van der Waals surface area contributed by atoms with Gasteiger partial charge in [-0.05, 0) is 35.6 Å². The van der Waals surface area contributed by atoms with Crippen LogP contribution < -0.4 is 5.73 Å². The van der Waals surface area contributed by atoms with Crippen molar-refractivity contribution in [2.45, 2.75) is 38.8 Å². The molecule has 0 fully saturated rings. The number of H-pyrrole nitrogens is 1. The molecule has 0 aliphatic heterocycles. The molecule has 2 unspecified atom stereocenters. The van der Waals surface area contributed by atoms with Crippen LogP contribution in [-0.4, -0.2) is 22.0 Å². The lowest BCUT2D eigenvalue weighted by atomic mass is 9.91. The molecule has 0 bridgehead atoms. The lowest BCUT2D eigenvalue weighted by Gasteiger charge is -2.17. The molecule has 2 aromatic carbocycles. The van der Waals surface area contributed by atoms with Crippen molar-refractivity contribution in [1.82, 2.24) is 9.97 Å². The van der Waals surface area contributed by atoms with Crippen molar-refractivity contribution < 1.29 is 9.53 Å². The highest BCUT2D eigenvalue weighted by Gasteiger charge is 2.18. The van der Waals surface area contributed by atoms with Gasteiger partial charge in [0.2, 0.25) is 0 Å². The van der Waals surface area contributed by atoms with Gasteiger partial charge in [0.05, 0.1) is 6.33 Å². The van der Waals surface area contributed by atoms with E-state index in [1.165, 1.54) is 5.56 Å². The Morgan fingerprint density at radius 1 is 1.19 bits per heavy atom. The SMILES string of the molecule is Cc1c(COC(=O)C(N)Cc2ccccc2)cccc1C(C)c1cnc[nH]1. The molecule has 5 heteroatoms. The zero-order chi connectivity index (χ0) is 19.2. The molecule has 0 radical (unpaired) electrons. The molecule has 0 saturated heterocycles. The minimum atomic E-state index is -0.667. The van der Waals surface area contributed by atoms with Gasteiger partial charge in [-0.3, -0.25) is 4.79 Å². The molecule has 0 aliphatic rings. The normalized spacial score (nSPS) is 13.1. The average Bonchev–Trinajstić information content (AvgIpc) is 3.22. The maximum absolute atomic E-state index is 12.3. The molecule has 2 atom stereocenters. The number of nitrogens with two attached hydrogens (primary N) is 1. The van der Waals surface area contributed by atoms with Crippen molar-refractivity contribution in [3.05, 3.63) is 89.0 Å². The molecule has 3 rings (SSSR count). The van der Waals surface area contributed by atoms with E-state index in [1.54, 1.807) is 6.33 Å². The van der Waals surface area contributed by atoms with Gasteiger partial charge in [-0.2, -0.15) is 0 Å². The number of ether oxygens (including phenoxy) is 1. The summed E-state index contributed by atoms with van der Waals surface area (Å²) in [6.45, 7) is 4.40. The highest BCUT2D eigenvalue weighted by Crippen LogP contribution is 2.27. The number of aromatic nitrogens is 2. The number of nitrogens with one attached hydrogen (secondary N) is 1. The Morgan fingerprint density at radius 3 is 2.67 bits per heavy atom. The predicted molar refractivity (Wildman–Crippen MR) is 105 cm³/mol. The molecule has 0 aliphatic carbocycles. The van der Waals surface area contributed by atoms with E-state index >= 15 is 0 Å². The first-order valence-corrected chi connectivity index (χ1v) is 9.09. The second kappa shape index (κ2) is 8.64. The van der Waals surface area contributed by atoms with Crippen LogP contribution in [-0.2, 0) is 22.6 Å². The summed E-state index contributed by atoms with van der Waals surface area (Å²) < 4.78 is 5.48. The van der Waals surface area contributed by atoms with Crippen LogP contribution in [0.5, 0.6) is 0 Å². The van der Waals surface area contributed by atoms with Gasteiger partial charge >= 0.3 is 5.97 Å². The number of imidazole rings is 1. The van der Waals surface area contributed by atoms with Crippen molar-refractivity contribution in [3.8, 4) is 0 Å². The molecule has 0 saturated carbocycles. The summed E-state index contributed by atoms with van der Waals surface area (Å²) in [6, 6.07) is 15.1. The Hall–Kier alpha value is -2.92. The Bertz CT molecular complexity index is 876. The van der Waals surface area contributed by atoms with Crippen LogP contribution in [0.1, 0.15) is 40.8 Å². The zero-order valence-electron chi connectivity index (χ0n) is 15.7. The van der Waals surface area contributed by atoms with E-state index in [0.29, 0.717) is 6.42 Å². The highest BCUT2D eigenvalue weighted by molar-refractivity contribution is 5.76. The molecule has 1 aromatic heterocycles. The highest BCUT2D eigenvalue weighted by atomic mass is 16.5. The molecule has 0 amide bonds. The van der Waals surface area contributed by atoms with E-state index in [4.69, 9.17) is 10.5 Å². The van der Waals surface area contributed by atoms with Crippen molar-refractivity contribution in [3.63, 3.8) is 0 Å². The quantitative estimate of drug-likeness (QED) is 0.630. The third kappa shape index (κ3) is 4.63. The summed E-state index contributed by atoms with van der Waals surface area (Å²) in [5.41, 5.74) is 11.4. The second-order valence-electron chi connectivity index (χ2n) is 6.76. The van der Waals surface area contributed by atoms with Crippen molar-refractivity contribution in [2.75, 3.05) is 0 Å². The maximum atomic E-state index is 12.3. The Labute approximate surface area is 159 Å². The van der Waals surface area contributed by atoms with Crippen molar-refractivity contribution >= 4 is 5.97 Å². The van der Waals surface area contributed by atoms with Gasteiger partial charge in [-0.1, -0.05) is 55.5 Å². The second-order valence-corrected chi connectivity index (χ2v) is 6.76. The van der Waals surface area contributed by atoms with Gasteiger partial charge in [0.15, 0.2) is 0 Å². The number of aromatic amines is 1. The number of nitrogens with zero attached hydrogens (tertiary/aromatic N) is 1. The van der Waals surface area contributed by atoms with Gasteiger partial charge in [0, 0.05) is 17.8 Å². The van der Waals surface area contributed by atoms with Gasteiger partial charge in [0.25, 0.3) is 0 Å². The zero-order valence-corrected chi connectivity index (χ0v) is 15.7. The Morgan fingerprint density at radius 2 is 1.96 bits per heavy atom. The van der Waals surface area contributed by atoms with Gasteiger partial charge in [0.1, 0.15) is 12.6 Å². The first-order valence-electron chi connectivity index (χ1n) is 9.09. The van der Waals surface area contributed by atoms with Crippen LogP contribution in [0.15, 0.2) is 61.1 Å². The van der Waals surface area contributed by atoms with Gasteiger partial charge in [-0.15, -0.1) is 0 Å². The van der Waals surface area contributed by atoms with E-state index in [-0.39, 0.29) is 18.5 Å². The van der Waals surface area contributed by atoms with Crippen molar-refractivity contribution in [1.29, 1.82) is 0 Å². The summed E-state index contributed by atoms with van der Waals surface area (Å²) in [5.74, 6) is -0.200. The summed E-state index contributed by atoms with van der Waals surface area (Å²) in [6.07, 6.45) is 3.98. The fourth-order valence-electron chi connectivity index (χ4n) is 3.21. The molecule has 1 heterocycles. The summed E-state index contributed by atoms with van der Waals surface area (Å²) >= 11 is 0. The number of benzene rings is 2. The summed E-state index contributed by atoms with van der Waals surface area (Å²) in [5, 5.41) is 0. The maximum Gasteiger partial charge on any atom is 0.323 e. The monoisotopic (exact) mass is 363 g/mol. The fraction of sp³-hybridized carbons (Fsp3) is 0.273. The van der Waals surface area contributed by atoms with Gasteiger partial charge < -0.3 is 15.5 Å². The van der Waals surface area contributed by atoms with Gasteiger partial charge in [-0.25, -0.2) is 4.98 Å². The van der Waals surface area contributed by atoms with Crippen LogP contribution in [0.4, 0.5) is 0 Å². The van der Waals surface area contributed by atoms with E-state index in [2.05, 4.69) is 29.9 Å². The van der Waals surface area contributed by atoms with E-state index < -0.39 is 6.04 Å². The van der Waals surface area contributed by atoms with E-state index in [1.807, 2.05) is 48.7 Å². The number of carbonyl (C=O) groups excluding carboxylic acids is 1. The van der Waals surface area contributed by atoms with Crippen LogP contribution in [0.2, 0.25) is 0 Å². The van der Waals surface area contributed by atoms with E-state index in [9.17, 15) is 4.79 Å². The van der Waals surface area contributed by atoms with Crippen LogP contribution in [0.3, 0.4) is 0 Å². The number of carbonyl (C=O) groups is 1. The Kier molecular flexibility index (Phi) is 6.04. The topological polar surface area (TPSA) is 81.0 Å².